The first-order valence-electron chi connectivity index (χ1n) is 6.23. The third-order valence-corrected chi connectivity index (χ3v) is 4.39. The minimum atomic E-state index is -3.93. The molecule has 0 aliphatic rings. The van der Waals surface area contributed by atoms with E-state index in [2.05, 4.69) is 4.72 Å². The summed E-state index contributed by atoms with van der Waals surface area (Å²) in [6, 6.07) is 4.29. The van der Waals surface area contributed by atoms with Gasteiger partial charge < -0.3 is 5.11 Å². The van der Waals surface area contributed by atoms with Gasteiger partial charge in [-0.05, 0) is 12.0 Å². The standard InChI is InChI=1S/C13H18FNO4S/c1-3-9(2)12(13(16)17)15-20(18,19)8-10-6-4-5-7-11(10)14/h4-7,9,12,15H,3,8H2,1-2H3,(H,16,17)/t9-,12-/m0/s1. The molecule has 0 saturated carbocycles. The van der Waals surface area contributed by atoms with Gasteiger partial charge in [-0.25, -0.2) is 17.5 Å². The van der Waals surface area contributed by atoms with Gasteiger partial charge in [0.15, 0.2) is 0 Å². The molecule has 7 heteroatoms. The number of carboxylic acid groups (broad SMARTS) is 1. The van der Waals surface area contributed by atoms with E-state index >= 15 is 0 Å². The molecule has 0 radical (unpaired) electrons. The highest BCUT2D eigenvalue weighted by Crippen LogP contribution is 2.13. The van der Waals surface area contributed by atoms with Crippen LogP contribution in [-0.2, 0) is 20.6 Å². The Kier molecular flexibility index (Phi) is 5.64. The molecule has 0 aromatic heterocycles. The molecule has 2 atom stereocenters. The van der Waals surface area contributed by atoms with Gasteiger partial charge in [0.1, 0.15) is 11.9 Å². The lowest BCUT2D eigenvalue weighted by Crippen LogP contribution is -2.45. The van der Waals surface area contributed by atoms with Crippen LogP contribution < -0.4 is 4.72 Å². The predicted octanol–water partition coefficient (Wildman–Crippen LogP) is 1.74. The molecular formula is C13H18FNO4S. The molecule has 5 nitrogen and oxygen atoms in total. The Labute approximate surface area is 117 Å². The average molecular weight is 303 g/mol. The van der Waals surface area contributed by atoms with Crippen LogP contribution in [0.5, 0.6) is 0 Å². The summed E-state index contributed by atoms with van der Waals surface area (Å²) in [5.74, 6) is -2.81. The van der Waals surface area contributed by atoms with Crippen LogP contribution in [-0.4, -0.2) is 25.5 Å². The summed E-state index contributed by atoms with van der Waals surface area (Å²) in [5, 5.41) is 9.06. The lowest BCUT2D eigenvalue weighted by atomic mass is 10.0. The third-order valence-electron chi connectivity index (χ3n) is 3.09. The van der Waals surface area contributed by atoms with Gasteiger partial charge in [-0.1, -0.05) is 38.5 Å². The summed E-state index contributed by atoms with van der Waals surface area (Å²) in [6.07, 6.45) is 0.513. The predicted molar refractivity (Wildman–Crippen MR) is 73.0 cm³/mol. The fourth-order valence-electron chi connectivity index (χ4n) is 1.70. The van der Waals surface area contributed by atoms with Crippen LogP contribution >= 0.6 is 0 Å². The number of aliphatic carboxylic acids is 1. The molecule has 112 valence electrons. The van der Waals surface area contributed by atoms with Gasteiger partial charge in [0.2, 0.25) is 10.0 Å². The van der Waals surface area contributed by atoms with Crippen molar-refractivity contribution in [1.82, 2.24) is 4.72 Å². The quantitative estimate of drug-likeness (QED) is 0.803. The van der Waals surface area contributed by atoms with Crippen molar-refractivity contribution in [3.8, 4) is 0 Å². The zero-order valence-electron chi connectivity index (χ0n) is 11.3. The zero-order chi connectivity index (χ0) is 15.3. The molecule has 0 heterocycles. The molecule has 0 amide bonds. The van der Waals surface area contributed by atoms with Crippen molar-refractivity contribution < 1.29 is 22.7 Å². The van der Waals surface area contributed by atoms with Crippen molar-refractivity contribution in [2.45, 2.75) is 32.1 Å². The van der Waals surface area contributed by atoms with Crippen LogP contribution in [0.4, 0.5) is 4.39 Å². The maximum atomic E-state index is 13.4. The molecule has 0 bridgehead atoms. The Morgan fingerprint density at radius 3 is 2.50 bits per heavy atom. The van der Waals surface area contributed by atoms with Crippen molar-refractivity contribution in [3.05, 3.63) is 35.6 Å². The fraction of sp³-hybridized carbons (Fsp3) is 0.462. The normalized spacial score (nSPS) is 14.8. The SMILES string of the molecule is CC[C@H](C)[C@H](NS(=O)(=O)Cc1ccccc1F)C(=O)O. The second kappa shape index (κ2) is 6.81. The molecule has 0 aliphatic carbocycles. The first-order chi connectivity index (χ1) is 9.26. The molecule has 1 aromatic rings. The molecule has 2 N–H and O–H groups in total. The number of benzene rings is 1. The topological polar surface area (TPSA) is 83.5 Å². The van der Waals surface area contributed by atoms with E-state index in [-0.39, 0.29) is 11.5 Å². The second-order valence-corrected chi connectivity index (χ2v) is 6.42. The molecule has 1 aromatic carbocycles. The van der Waals surface area contributed by atoms with Gasteiger partial charge in [-0.3, -0.25) is 4.79 Å². The second-order valence-electron chi connectivity index (χ2n) is 4.67. The number of carboxylic acids is 1. The Balaban J connectivity index is 2.89. The van der Waals surface area contributed by atoms with Crippen molar-refractivity contribution in [1.29, 1.82) is 0 Å². The largest absolute Gasteiger partial charge is 0.480 e. The molecule has 0 aliphatic heterocycles. The minimum Gasteiger partial charge on any atom is -0.480 e. The number of halogens is 1. The third kappa shape index (κ3) is 4.57. The first kappa shape index (κ1) is 16.6. The van der Waals surface area contributed by atoms with Gasteiger partial charge in [0, 0.05) is 5.56 Å². The Morgan fingerprint density at radius 2 is 2.00 bits per heavy atom. The van der Waals surface area contributed by atoms with E-state index in [4.69, 9.17) is 5.11 Å². The number of sulfonamides is 1. The molecule has 20 heavy (non-hydrogen) atoms. The van der Waals surface area contributed by atoms with E-state index < -0.39 is 33.6 Å². The Bertz CT molecular complexity index is 573. The summed E-state index contributed by atoms with van der Waals surface area (Å²) >= 11 is 0. The highest BCUT2D eigenvalue weighted by atomic mass is 32.2. The average Bonchev–Trinajstić information content (AvgIpc) is 2.37. The Morgan fingerprint density at radius 1 is 1.40 bits per heavy atom. The van der Waals surface area contributed by atoms with Crippen LogP contribution in [0.25, 0.3) is 0 Å². The number of hydrogen-bond acceptors (Lipinski definition) is 3. The van der Waals surface area contributed by atoms with E-state index in [1.165, 1.54) is 18.2 Å². The van der Waals surface area contributed by atoms with E-state index in [9.17, 15) is 17.6 Å². The first-order valence-corrected chi connectivity index (χ1v) is 7.88. The Hall–Kier alpha value is -1.47. The maximum Gasteiger partial charge on any atom is 0.322 e. The van der Waals surface area contributed by atoms with Gasteiger partial charge in [-0.2, -0.15) is 0 Å². The lowest BCUT2D eigenvalue weighted by molar-refractivity contribution is -0.140. The van der Waals surface area contributed by atoms with E-state index in [0.717, 1.165) is 6.07 Å². The zero-order valence-corrected chi connectivity index (χ0v) is 12.2. The summed E-state index contributed by atoms with van der Waals surface area (Å²) in [7, 11) is -3.93. The number of rotatable bonds is 7. The fourth-order valence-corrected chi connectivity index (χ4v) is 3.15. The van der Waals surface area contributed by atoms with Crippen molar-refractivity contribution in [2.75, 3.05) is 0 Å². The van der Waals surface area contributed by atoms with Gasteiger partial charge >= 0.3 is 5.97 Å². The monoisotopic (exact) mass is 303 g/mol. The van der Waals surface area contributed by atoms with E-state index in [1.807, 2.05) is 0 Å². The smallest absolute Gasteiger partial charge is 0.322 e. The summed E-state index contributed by atoms with van der Waals surface area (Å²) in [4.78, 5) is 11.1. The van der Waals surface area contributed by atoms with Gasteiger partial charge in [0.05, 0.1) is 5.75 Å². The molecule has 0 saturated heterocycles. The van der Waals surface area contributed by atoms with E-state index in [1.54, 1.807) is 13.8 Å². The number of nitrogens with one attached hydrogen (secondary N) is 1. The van der Waals surface area contributed by atoms with E-state index in [0.29, 0.717) is 6.42 Å². The van der Waals surface area contributed by atoms with Crippen molar-refractivity contribution in [2.24, 2.45) is 5.92 Å². The molecule has 0 fully saturated rings. The molecule has 0 spiro atoms. The van der Waals surface area contributed by atoms with Crippen molar-refractivity contribution in [3.63, 3.8) is 0 Å². The van der Waals surface area contributed by atoms with Crippen LogP contribution in [0, 0.1) is 11.7 Å². The summed E-state index contributed by atoms with van der Waals surface area (Å²) < 4.78 is 39.4. The lowest BCUT2D eigenvalue weighted by Gasteiger charge is -2.20. The van der Waals surface area contributed by atoms with Crippen LogP contribution in [0.15, 0.2) is 24.3 Å². The highest BCUT2D eigenvalue weighted by Gasteiger charge is 2.28. The minimum absolute atomic E-state index is 0.00768. The van der Waals surface area contributed by atoms with Crippen LogP contribution in [0.1, 0.15) is 25.8 Å². The molecule has 0 unspecified atom stereocenters. The number of hydrogen-bond donors (Lipinski definition) is 2. The van der Waals surface area contributed by atoms with Crippen molar-refractivity contribution >= 4 is 16.0 Å². The summed E-state index contributed by atoms with van der Waals surface area (Å²) in [6.45, 7) is 3.41. The maximum absolute atomic E-state index is 13.4. The molecule has 1 rings (SSSR count). The van der Waals surface area contributed by atoms with Crippen LogP contribution in [0.2, 0.25) is 0 Å². The molecular weight excluding hydrogens is 285 g/mol. The van der Waals surface area contributed by atoms with Crippen LogP contribution in [0.3, 0.4) is 0 Å². The van der Waals surface area contributed by atoms with Gasteiger partial charge in [-0.15, -0.1) is 0 Å². The summed E-state index contributed by atoms with van der Waals surface area (Å²) in [5.41, 5.74) is 0.00768. The number of carbonyl (C=O) groups is 1. The highest BCUT2D eigenvalue weighted by molar-refractivity contribution is 7.88. The van der Waals surface area contributed by atoms with Gasteiger partial charge in [0.25, 0.3) is 0 Å².